The predicted molar refractivity (Wildman–Crippen MR) is 68.1 cm³/mol. The van der Waals surface area contributed by atoms with Crippen LogP contribution in [0.3, 0.4) is 0 Å². The van der Waals surface area contributed by atoms with Crippen LogP contribution < -0.4 is 4.74 Å². The van der Waals surface area contributed by atoms with Gasteiger partial charge in [0.15, 0.2) is 5.75 Å². The van der Waals surface area contributed by atoms with Crippen LogP contribution in [0.25, 0.3) is 10.9 Å². The average molecular weight is 231 g/mol. The Morgan fingerprint density at radius 2 is 2.00 bits per heavy atom. The number of carbonyl (C=O) groups is 1. The zero-order valence-electron chi connectivity index (χ0n) is 10.6. The van der Waals surface area contributed by atoms with Gasteiger partial charge in [-0.1, -0.05) is 12.1 Å². The molecule has 1 N–H and O–H groups in total. The van der Waals surface area contributed by atoms with Gasteiger partial charge in [-0.2, -0.15) is 0 Å². The van der Waals surface area contributed by atoms with Crippen molar-refractivity contribution < 1.29 is 9.53 Å². The molecular weight excluding hydrogens is 214 g/mol. The van der Waals surface area contributed by atoms with Crippen LogP contribution in [0.2, 0.25) is 0 Å². The fourth-order valence-electron chi connectivity index (χ4n) is 1.66. The van der Waals surface area contributed by atoms with E-state index >= 15 is 0 Å². The molecule has 0 aliphatic rings. The molecule has 0 saturated carbocycles. The van der Waals surface area contributed by atoms with Crippen LogP contribution in [0.15, 0.2) is 24.4 Å². The molecule has 0 radical (unpaired) electrons. The summed E-state index contributed by atoms with van der Waals surface area (Å²) in [5.74, 6) is 0.389. The Balaban J connectivity index is 2.41. The second kappa shape index (κ2) is 3.91. The summed E-state index contributed by atoms with van der Waals surface area (Å²) < 4.78 is 5.44. The minimum absolute atomic E-state index is 0.221. The van der Waals surface area contributed by atoms with Crippen molar-refractivity contribution in [2.75, 3.05) is 0 Å². The molecule has 0 unspecified atom stereocenters. The highest BCUT2D eigenvalue weighted by Crippen LogP contribution is 2.30. The molecule has 1 heterocycles. The lowest BCUT2D eigenvalue weighted by atomic mass is 9.97. The summed E-state index contributed by atoms with van der Waals surface area (Å²) in [5.41, 5.74) is 1.59. The SMILES string of the molecule is Cc1cccc2[nH]cc(OC(=O)C(C)(C)C)c12. The summed E-state index contributed by atoms with van der Waals surface area (Å²) in [5, 5.41) is 0.977. The fourth-order valence-corrected chi connectivity index (χ4v) is 1.66. The molecule has 0 spiro atoms. The smallest absolute Gasteiger partial charge is 0.316 e. The van der Waals surface area contributed by atoms with E-state index in [1.54, 1.807) is 6.20 Å². The van der Waals surface area contributed by atoms with E-state index in [0.29, 0.717) is 5.75 Å². The average Bonchev–Trinajstić information content (AvgIpc) is 2.61. The maximum atomic E-state index is 11.9. The van der Waals surface area contributed by atoms with Crippen LogP contribution >= 0.6 is 0 Å². The van der Waals surface area contributed by atoms with Gasteiger partial charge in [0.05, 0.1) is 5.41 Å². The normalized spacial score (nSPS) is 11.8. The van der Waals surface area contributed by atoms with Gasteiger partial charge in [0.1, 0.15) is 0 Å². The van der Waals surface area contributed by atoms with Crippen molar-refractivity contribution >= 4 is 16.9 Å². The third-order valence-corrected chi connectivity index (χ3v) is 2.69. The van der Waals surface area contributed by atoms with Crippen molar-refractivity contribution in [3.63, 3.8) is 0 Å². The summed E-state index contributed by atoms with van der Waals surface area (Å²) in [7, 11) is 0. The Bertz CT molecular complexity index is 561. The molecule has 1 aromatic carbocycles. The van der Waals surface area contributed by atoms with Crippen molar-refractivity contribution in [2.24, 2.45) is 5.41 Å². The first-order valence-corrected chi connectivity index (χ1v) is 5.68. The Kier molecular flexibility index (Phi) is 2.69. The van der Waals surface area contributed by atoms with Gasteiger partial charge in [0.25, 0.3) is 0 Å². The van der Waals surface area contributed by atoms with E-state index in [1.165, 1.54) is 0 Å². The van der Waals surface area contributed by atoms with Crippen molar-refractivity contribution in [3.05, 3.63) is 30.0 Å². The number of hydrogen-bond acceptors (Lipinski definition) is 2. The first kappa shape index (κ1) is 11.7. The second-order valence-corrected chi connectivity index (χ2v) is 5.29. The van der Waals surface area contributed by atoms with Crippen molar-refractivity contribution in [2.45, 2.75) is 27.7 Å². The van der Waals surface area contributed by atoms with Crippen LogP contribution in [-0.2, 0) is 4.79 Å². The van der Waals surface area contributed by atoms with E-state index in [9.17, 15) is 4.79 Å². The number of esters is 1. The summed E-state index contributed by atoms with van der Waals surface area (Å²) in [6.45, 7) is 7.54. The van der Waals surface area contributed by atoms with E-state index in [1.807, 2.05) is 45.9 Å². The molecule has 0 aliphatic heterocycles. The van der Waals surface area contributed by atoms with E-state index in [-0.39, 0.29) is 5.97 Å². The molecular formula is C14H17NO2. The summed E-state index contributed by atoms with van der Waals surface area (Å²) >= 11 is 0. The number of ether oxygens (including phenoxy) is 1. The highest BCUT2D eigenvalue weighted by atomic mass is 16.5. The number of aromatic nitrogens is 1. The highest BCUT2D eigenvalue weighted by Gasteiger charge is 2.24. The number of aryl methyl sites for hydroxylation is 1. The lowest BCUT2D eigenvalue weighted by Crippen LogP contribution is -2.25. The van der Waals surface area contributed by atoms with Gasteiger partial charge < -0.3 is 9.72 Å². The van der Waals surface area contributed by atoms with Crippen LogP contribution in [0.5, 0.6) is 5.75 Å². The van der Waals surface area contributed by atoms with Crippen molar-refractivity contribution in [1.82, 2.24) is 4.98 Å². The maximum absolute atomic E-state index is 11.9. The van der Waals surface area contributed by atoms with Crippen LogP contribution in [0, 0.1) is 12.3 Å². The fraction of sp³-hybridized carbons (Fsp3) is 0.357. The molecule has 90 valence electrons. The minimum atomic E-state index is -0.494. The van der Waals surface area contributed by atoms with E-state index < -0.39 is 5.41 Å². The molecule has 17 heavy (non-hydrogen) atoms. The molecule has 2 rings (SSSR count). The van der Waals surface area contributed by atoms with Gasteiger partial charge in [-0.05, 0) is 39.3 Å². The Hall–Kier alpha value is -1.77. The molecule has 0 aliphatic carbocycles. The molecule has 0 atom stereocenters. The van der Waals surface area contributed by atoms with Gasteiger partial charge >= 0.3 is 5.97 Å². The first-order chi connectivity index (χ1) is 7.89. The molecule has 0 fully saturated rings. The molecule has 0 saturated heterocycles. The van der Waals surface area contributed by atoms with E-state index in [2.05, 4.69) is 4.98 Å². The standard InChI is InChI=1S/C14H17NO2/c1-9-6-5-7-10-12(9)11(8-15-10)17-13(16)14(2,3)4/h5-8,15H,1-4H3. The zero-order valence-corrected chi connectivity index (χ0v) is 10.6. The quantitative estimate of drug-likeness (QED) is 0.764. The largest absolute Gasteiger partial charge is 0.424 e. The predicted octanol–water partition coefficient (Wildman–Crippen LogP) is 3.43. The molecule has 3 nitrogen and oxygen atoms in total. The highest BCUT2D eigenvalue weighted by molar-refractivity contribution is 5.92. The lowest BCUT2D eigenvalue weighted by molar-refractivity contribution is -0.142. The summed E-state index contributed by atoms with van der Waals surface area (Å²) in [4.78, 5) is 15.0. The van der Waals surface area contributed by atoms with Gasteiger partial charge in [0, 0.05) is 17.1 Å². The number of rotatable bonds is 1. The van der Waals surface area contributed by atoms with Gasteiger partial charge in [-0.15, -0.1) is 0 Å². The maximum Gasteiger partial charge on any atom is 0.316 e. The number of hydrogen-bond donors (Lipinski definition) is 1. The second-order valence-electron chi connectivity index (χ2n) is 5.29. The Morgan fingerprint density at radius 3 is 2.65 bits per heavy atom. The Morgan fingerprint density at radius 1 is 1.29 bits per heavy atom. The van der Waals surface area contributed by atoms with Crippen molar-refractivity contribution in [3.8, 4) is 5.75 Å². The van der Waals surface area contributed by atoms with E-state index in [0.717, 1.165) is 16.5 Å². The monoisotopic (exact) mass is 231 g/mol. The summed E-state index contributed by atoms with van der Waals surface area (Å²) in [6.07, 6.45) is 1.74. The topological polar surface area (TPSA) is 42.1 Å². The molecule has 0 bridgehead atoms. The van der Waals surface area contributed by atoms with E-state index in [4.69, 9.17) is 4.74 Å². The first-order valence-electron chi connectivity index (χ1n) is 5.68. The number of aromatic amines is 1. The molecule has 2 aromatic rings. The van der Waals surface area contributed by atoms with Gasteiger partial charge in [-0.3, -0.25) is 4.79 Å². The van der Waals surface area contributed by atoms with Crippen LogP contribution in [0.1, 0.15) is 26.3 Å². The number of nitrogens with one attached hydrogen (secondary N) is 1. The molecule has 1 aromatic heterocycles. The molecule has 0 amide bonds. The molecule has 3 heteroatoms. The van der Waals surface area contributed by atoms with Crippen LogP contribution in [0.4, 0.5) is 0 Å². The number of fused-ring (bicyclic) bond motifs is 1. The lowest BCUT2D eigenvalue weighted by Gasteiger charge is -2.15. The number of carbonyl (C=O) groups excluding carboxylic acids is 1. The van der Waals surface area contributed by atoms with Crippen molar-refractivity contribution in [1.29, 1.82) is 0 Å². The van der Waals surface area contributed by atoms with Gasteiger partial charge in [-0.25, -0.2) is 0 Å². The third-order valence-electron chi connectivity index (χ3n) is 2.69. The summed E-state index contributed by atoms with van der Waals surface area (Å²) in [6, 6.07) is 5.95. The number of benzene rings is 1. The van der Waals surface area contributed by atoms with Crippen LogP contribution in [-0.4, -0.2) is 11.0 Å². The Labute approximate surface area is 101 Å². The minimum Gasteiger partial charge on any atom is -0.424 e. The third kappa shape index (κ3) is 2.18. The number of H-pyrrole nitrogens is 1. The zero-order chi connectivity index (χ0) is 12.6. The van der Waals surface area contributed by atoms with Gasteiger partial charge in [0.2, 0.25) is 0 Å².